The molecule has 0 bridgehead atoms. The Kier molecular flexibility index (Phi) is 5.24. The molecule has 1 aromatic heterocycles. The van der Waals surface area contributed by atoms with E-state index < -0.39 is 4.92 Å². The SMILES string of the molecule is O=C(CSc1ccc(Cl)cc1[N+](=O)[O-])NCc1ccco1. The van der Waals surface area contributed by atoms with Gasteiger partial charge in [-0.15, -0.1) is 11.8 Å². The first-order valence-electron chi connectivity index (χ1n) is 5.92. The summed E-state index contributed by atoms with van der Waals surface area (Å²) in [6, 6.07) is 7.83. The number of hydrogen-bond acceptors (Lipinski definition) is 5. The molecule has 0 radical (unpaired) electrons. The third-order valence-electron chi connectivity index (χ3n) is 2.52. The maximum absolute atomic E-state index is 11.7. The topological polar surface area (TPSA) is 85.4 Å². The molecular weight excluding hydrogens is 316 g/mol. The highest BCUT2D eigenvalue weighted by Gasteiger charge is 2.16. The second kappa shape index (κ2) is 7.14. The summed E-state index contributed by atoms with van der Waals surface area (Å²) in [6.45, 7) is 0.287. The number of rotatable bonds is 6. The number of amides is 1. The van der Waals surface area contributed by atoms with Gasteiger partial charge in [-0.2, -0.15) is 0 Å². The van der Waals surface area contributed by atoms with Gasteiger partial charge in [0.15, 0.2) is 0 Å². The number of halogens is 1. The smallest absolute Gasteiger partial charge is 0.284 e. The highest BCUT2D eigenvalue weighted by Crippen LogP contribution is 2.31. The molecule has 2 rings (SSSR count). The standard InChI is InChI=1S/C13H11ClN2O4S/c14-9-3-4-12(11(6-9)16(18)19)21-8-13(17)15-7-10-2-1-5-20-10/h1-6H,7-8H2,(H,15,17). The Hall–Kier alpha value is -1.99. The quantitative estimate of drug-likeness (QED) is 0.500. The number of nitro groups is 1. The van der Waals surface area contributed by atoms with Crippen LogP contribution in [0.15, 0.2) is 45.9 Å². The first-order chi connectivity index (χ1) is 10.1. The summed E-state index contributed by atoms with van der Waals surface area (Å²) in [7, 11) is 0. The summed E-state index contributed by atoms with van der Waals surface area (Å²) in [6.07, 6.45) is 1.52. The summed E-state index contributed by atoms with van der Waals surface area (Å²) >= 11 is 6.81. The van der Waals surface area contributed by atoms with Crippen molar-refractivity contribution in [2.24, 2.45) is 0 Å². The Morgan fingerprint density at radius 3 is 2.90 bits per heavy atom. The molecule has 21 heavy (non-hydrogen) atoms. The van der Waals surface area contributed by atoms with Crippen LogP contribution in [0.4, 0.5) is 5.69 Å². The molecule has 1 N–H and O–H groups in total. The van der Waals surface area contributed by atoms with Gasteiger partial charge in [0.2, 0.25) is 5.91 Å². The molecule has 1 amide bonds. The predicted octanol–water partition coefficient (Wildman–Crippen LogP) is 3.25. The van der Waals surface area contributed by atoms with Crippen LogP contribution in [0.5, 0.6) is 0 Å². The second-order valence-corrected chi connectivity index (χ2v) is 5.47. The van der Waals surface area contributed by atoms with Gasteiger partial charge in [-0.05, 0) is 24.3 Å². The van der Waals surface area contributed by atoms with Crippen molar-refractivity contribution in [1.82, 2.24) is 5.32 Å². The molecule has 0 unspecified atom stereocenters. The van der Waals surface area contributed by atoms with Crippen LogP contribution in [0.25, 0.3) is 0 Å². The van der Waals surface area contributed by atoms with E-state index in [-0.39, 0.29) is 28.9 Å². The number of nitro benzene ring substituents is 1. The first-order valence-corrected chi connectivity index (χ1v) is 7.28. The average molecular weight is 327 g/mol. The van der Waals surface area contributed by atoms with Crippen molar-refractivity contribution < 1.29 is 14.1 Å². The zero-order chi connectivity index (χ0) is 15.2. The van der Waals surface area contributed by atoms with Gasteiger partial charge in [0.05, 0.1) is 28.4 Å². The van der Waals surface area contributed by atoms with E-state index in [0.717, 1.165) is 11.8 Å². The molecule has 0 atom stereocenters. The van der Waals surface area contributed by atoms with Crippen LogP contribution in [0, 0.1) is 10.1 Å². The van der Waals surface area contributed by atoms with Gasteiger partial charge in [-0.25, -0.2) is 0 Å². The van der Waals surface area contributed by atoms with E-state index >= 15 is 0 Å². The molecule has 2 aromatic rings. The lowest BCUT2D eigenvalue weighted by molar-refractivity contribution is -0.387. The van der Waals surface area contributed by atoms with Crippen LogP contribution in [0.1, 0.15) is 5.76 Å². The van der Waals surface area contributed by atoms with Crippen molar-refractivity contribution in [3.8, 4) is 0 Å². The van der Waals surface area contributed by atoms with E-state index in [0.29, 0.717) is 10.7 Å². The Morgan fingerprint density at radius 1 is 1.43 bits per heavy atom. The monoisotopic (exact) mass is 326 g/mol. The molecule has 0 saturated carbocycles. The maximum atomic E-state index is 11.7. The number of hydrogen-bond donors (Lipinski definition) is 1. The lowest BCUT2D eigenvalue weighted by Gasteiger charge is -2.04. The zero-order valence-corrected chi connectivity index (χ0v) is 12.3. The number of furan rings is 1. The van der Waals surface area contributed by atoms with Crippen LogP contribution in [-0.2, 0) is 11.3 Å². The predicted molar refractivity (Wildman–Crippen MR) is 79.4 cm³/mol. The fraction of sp³-hybridized carbons (Fsp3) is 0.154. The van der Waals surface area contributed by atoms with E-state index in [2.05, 4.69) is 5.32 Å². The Bertz CT molecular complexity index is 646. The number of thioether (sulfide) groups is 1. The van der Waals surface area contributed by atoms with E-state index in [4.69, 9.17) is 16.0 Å². The fourth-order valence-electron chi connectivity index (χ4n) is 1.55. The molecule has 6 nitrogen and oxygen atoms in total. The minimum Gasteiger partial charge on any atom is -0.467 e. The van der Waals surface area contributed by atoms with Crippen LogP contribution in [-0.4, -0.2) is 16.6 Å². The molecule has 0 spiro atoms. The molecule has 0 aliphatic rings. The summed E-state index contributed by atoms with van der Waals surface area (Å²) in [5.74, 6) is 0.481. The Labute approximate surface area is 129 Å². The Morgan fingerprint density at radius 2 is 2.24 bits per heavy atom. The van der Waals surface area contributed by atoms with Gasteiger partial charge in [-0.3, -0.25) is 14.9 Å². The summed E-state index contributed by atoms with van der Waals surface area (Å²) in [4.78, 5) is 22.5. The van der Waals surface area contributed by atoms with Crippen molar-refractivity contribution in [2.75, 3.05) is 5.75 Å². The molecule has 0 saturated heterocycles. The molecule has 0 aliphatic carbocycles. The molecule has 8 heteroatoms. The van der Waals surface area contributed by atoms with Crippen molar-refractivity contribution in [3.63, 3.8) is 0 Å². The van der Waals surface area contributed by atoms with Gasteiger partial charge in [-0.1, -0.05) is 11.6 Å². The van der Waals surface area contributed by atoms with Crippen LogP contribution in [0.2, 0.25) is 5.02 Å². The van der Waals surface area contributed by atoms with Gasteiger partial charge >= 0.3 is 0 Å². The van der Waals surface area contributed by atoms with E-state index in [1.54, 1.807) is 18.2 Å². The minimum atomic E-state index is -0.519. The minimum absolute atomic E-state index is 0.0726. The first kappa shape index (κ1) is 15.4. The van der Waals surface area contributed by atoms with Gasteiger partial charge in [0.1, 0.15) is 5.76 Å². The van der Waals surface area contributed by atoms with Crippen molar-refractivity contribution in [2.45, 2.75) is 11.4 Å². The van der Waals surface area contributed by atoms with Crippen molar-refractivity contribution in [1.29, 1.82) is 0 Å². The van der Waals surface area contributed by atoms with Crippen molar-refractivity contribution >= 4 is 35.0 Å². The average Bonchev–Trinajstić information content (AvgIpc) is 2.97. The second-order valence-electron chi connectivity index (χ2n) is 4.01. The van der Waals surface area contributed by atoms with Gasteiger partial charge in [0.25, 0.3) is 5.69 Å². The van der Waals surface area contributed by atoms with Crippen LogP contribution < -0.4 is 5.32 Å². The van der Waals surface area contributed by atoms with Crippen LogP contribution in [0.3, 0.4) is 0 Å². The number of carbonyl (C=O) groups is 1. The number of benzene rings is 1. The number of nitrogens with zero attached hydrogens (tertiary/aromatic N) is 1. The zero-order valence-electron chi connectivity index (χ0n) is 10.7. The number of nitrogens with one attached hydrogen (secondary N) is 1. The third-order valence-corrected chi connectivity index (χ3v) is 3.81. The molecule has 0 aliphatic heterocycles. The molecule has 1 aromatic carbocycles. The van der Waals surface area contributed by atoms with Gasteiger partial charge in [0, 0.05) is 11.1 Å². The molecule has 1 heterocycles. The van der Waals surface area contributed by atoms with Crippen LogP contribution >= 0.6 is 23.4 Å². The van der Waals surface area contributed by atoms with Crippen molar-refractivity contribution in [3.05, 3.63) is 57.5 Å². The van der Waals surface area contributed by atoms with Gasteiger partial charge < -0.3 is 9.73 Å². The Balaban J connectivity index is 1.90. The highest BCUT2D eigenvalue weighted by molar-refractivity contribution is 8.00. The normalized spacial score (nSPS) is 10.3. The lowest BCUT2D eigenvalue weighted by atomic mass is 10.3. The molecule has 110 valence electrons. The van der Waals surface area contributed by atoms with E-state index in [1.807, 2.05) is 0 Å². The fourth-order valence-corrected chi connectivity index (χ4v) is 2.55. The third kappa shape index (κ3) is 4.51. The van der Waals surface area contributed by atoms with E-state index in [1.165, 1.54) is 18.4 Å². The highest BCUT2D eigenvalue weighted by atomic mass is 35.5. The van der Waals surface area contributed by atoms with E-state index in [9.17, 15) is 14.9 Å². The summed E-state index contributed by atoms with van der Waals surface area (Å²) in [5, 5.41) is 13.9. The lowest BCUT2D eigenvalue weighted by Crippen LogP contribution is -2.24. The number of carbonyl (C=O) groups excluding carboxylic acids is 1. The summed E-state index contributed by atoms with van der Waals surface area (Å²) < 4.78 is 5.08. The maximum Gasteiger partial charge on any atom is 0.284 e. The summed E-state index contributed by atoms with van der Waals surface area (Å²) in [5.41, 5.74) is -0.105. The molecule has 0 fully saturated rings. The largest absolute Gasteiger partial charge is 0.467 e. The molecular formula is C13H11ClN2O4S.